The Kier molecular flexibility index (Phi) is 6.46. The van der Waals surface area contributed by atoms with Crippen LogP contribution in [0.1, 0.15) is 65.0 Å². The van der Waals surface area contributed by atoms with Crippen LogP contribution in [-0.2, 0) is 11.3 Å². The molecule has 2 saturated heterocycles. The SMILES string of the molecule is Cc1cccc(CN2C(=O)CCCC[C@H]3[C@H]2CCN3C(=O)c2cccc(-n3nc(C)cc3C)c2)c1. The number of hydrogen-bond donors (Lipinski definition) is 0. The second-order valence-corrected chi connectivity index (χ2v) is 10.1. The van der Waals surface area contributed by atoms with E-state index in [-0.39, 0.29) is 23.9 Å². The van der Waals surface area contributed by atoms with Crippen LogP contribution < -0.4 is 0 Å². The molecule has 0 bridgehead atoms. The highest BCUT2D eigenvalue weighted by Crippen LogP contribution is 2.32. The van der Waals surface area contributed by atoms with Crippen molar-refractivity contribution in [1.82, 2.24) is 19.6 Å². The molecule has 182 valence electrons. The number of aryl methyl sites for hydroxylation is 3. The van der Waals surface area contributed by atoms with Crippen molar-refractivity contribution in [1.29, 1.82) is 0 Å². The van der Waals surface area contributed by atoms with Crippen LogP contribution in [0.3, 0.4) is 0 Å². The van der Waals surface area contributed by atoms with Gasteiger partial charge in [-0.05, 0) is 69.9 Å². The van der Waals surface area contributed by atoms with E-state index >= 15 is 0 Å². The van der Waals surface area contributed by atoms with Crippen molar-refractivity contribution >= 4 is 11.8 Å². The Balaban J connectivity index is 1.41. The molecule has 5 rings (SSSR count). The molecule has 2 atom stereocenters. The monoisotopic (exact) mass is 470 g/mol. The minimum atomic E-state index is 0.0457. The first-order chi connectivity index (χ1) is 16.9. The summed E-state index contributed by atoms with van der Waals surface area (Å²) in [5, 5.41) is 4.58. The minimum absolute atomic E-state index is 0.0457. The normalized spacial score (nSPS) is 20.5. The fourth-order valence-corrected chi connectivity index (χ4v) is 5.80. The highest BCUT2D eigenvalue weighted by molar-refractivity contribution is 5.95. The van der Waals surface area contributed by atoms with Crippen molar-refractivity contribution in [3.63, 3.8) is 0 Å². The van der Waals surface area contributed by atoms with Gasteiger partial charge in [0.25, 0.3) is 5.91 Å². The van der Waals surface area contributed by atoms with Crippen molar-refractivity contribution in [2.75, 3.05) is 6.54 Å². The van der Waals surface area contributed by atoms with Gasteiger partial charge in [-0.25, -0.2) is 4.68 Å². The second kappa shape index (κ2) is 9.68. The average molecular weight is 471 g/mol. The molecule has 2 amide bonds. The van der Waals surface area contributed by atoms with Crippen LogP contribution in [0.25, 0.3) is 5.69 Å². The molecular formula is C29H34N4O2. The standard InChI is InChI=1S/C29H34N4O2/c1-20-8-6-9-23(16-20)19-32-27-14-15-31(26(27)12-4-5-13-28(32)34)29(35)24-10-7-11-25(18-24)33-22(3)17-21(2)30-33/h6-11,16-18,26-27H,4-5,12-15,19H2,1-3H3/t26-,27+/m0/s1. The van der Waals surface area contributed by atoms with E-state index in [1.165, 1.54) is 5.56 Å². The summed E-state index contributed by atoms with van der Waals surface area (Å²) >= 11 is 0. The van der Waals surface area contributed by atoms with E-state index in [1.54, 1.807) is 0 Å². The lowest BCUT2D eigenvalue weighted by Gasteiger charge is -2.37. The van der Waals surface area contributed by atoms with Crippen LogP contribution in [-0.4, -0.2) is 50.0 Å². The number of likely N-dealkylation sites (tertiary alicyclic amines) is 2. The fraction of sp³-hybridized carbons (Fsp3) is 0.414. The molecule has 6 heteroatoms. The molecule has 2 aliphatic rings. The van der Waals surface area contributed by atoms with Gasteiger partial charge >= 0.3 is 0 Å². The summed E-state index contributed by atoms with van der Waals surface area (Å²) in [4.78, 5) is 31.0. The van der Waals surface area contributed by atoms with Gasteiger partial charge < -0.3 is 9.80 Å². The number of carbonyl (C=O) groups excluding carboxylic acids is 2. The predicted octanol–water partition coefficient (Wildman–Crippen LogP) is 4.98. The minimum Gasteiger partial charge on any atom is -0.334 e. The van der Waals surface area contributed by atoms with Gasteiger partial charge in [-0.15, -0.1) is 0 Å². The summed E-state index contributed by atoms with van der Waals surface area (Å²) in [6, 6.07) is 18.3. The van der Waals surface area contributed by atoms with E-state index in [4.69, 9.17) is 0 Å². The lowest BCUT2D eigenvalue weighted by Crippen LogP contribution is -2.49. The Morgan fingerprint density at radius 3 is 2.57 bits per heavy atom. The number of rotatable bonds is 4. The number of fused-ring (bicyclic) bond motifs is 1. The van der Waals surface area contributed by atoms with Gasteiger partial charge in [0.1, 0.15) is 0 Å². The number of benzene rings is 2. The fourth-order valence-electron chi connectivity index (χ4n) is 5.80. The van der Waals surface area contributed by atoms with Gasteiger partial charge in [-0.3, -0.25) is 9.59 Å². The molecule has 2 aromatic carbocycles. The van der Waals surface area contributed by atoms with Crippen molar-refractivity contribution in [2.24, 2.45) is 0 Å². The molecule has 0 radical (unpaired) electrons. The van der Waals surface area contributed by atoms with Gasteiger partial charge in [-0.2, -0.15) is 5.10 Å². The number of nitrogens with zero attached hydrogens (tertiary/aromatic N) is 4. The van der Waals surface area contributed by atoms with E-state index < -0.39 is 0 Å². The number of aromatic nitrogens is 2. The molecule has 35 heavy (non-hydrogen) atoms. The first-order valence-corrected chi connectivity index (χ1v) is 12.7. The maximum absolute atomic E-state index is 13.8. The van der Waals surface area contributed by atoms with Gasteiger partial charge in [0, 0.05) is 30.8 Å². The Morgan fingerprint density at radius 1 is 0.971 bits per heavy atom. The lowest BCUT2D eigenvalue weighted by molar-refractivity contribution is -0.135. The summed E-state index contributed by atoms with van der Waals surface area (Å²) in [6.45, 7) is 7.36. The summed E-state index contributed by atoms with van der Waals surface area (Å²) < 4.78 is 1.89. The first-order valence-electron chi connectivity index (χ1n) is 12.7. The Labute approximate surface area is 207 Å². The number of hydrogen-bond acceptors (Lipinski definition) is 3. The highest BCUT2D eigenvalue weighted by atomic mass is 16.2. The molecule has 2 aliphatic heterocycles. The number of carbonyl (C=O) groups is 2. The summed E-state index contributed by atoms with van der Waals surface area (Å²) in [5.74, 6) is 0.256. The maximum atomic E-state index is 13.8. The molecule has 0 N–H and O–H groups in total. The van der Waals surface area contributed by atoms with E-state index in [9.17, 15) is 9.59 Å². The van der Waals surface area contributed by atoms with Crippen LogP contribution in [0.2, 0.25) is 0 Å². The zero-order valence-electron chi connectivity index (χ0n) is 20.9. The van der Waals surface area contributed by atoms with Crippen molar-refractivity contribution < 1.29 is 9.59 Å². The van der Waals surface area contributed by atoms with E-state index in [2.05, 4.69) is 41.2 Å². The molecule has 3 heterocycles. The van der Waals surface area contributed by atoms with Crippen LogP contribution in [0.15, 0.2) is 54.6 Å². The van der Waals surface area contributed by atoms with Gasteiger partial charge in [0.2, 0.25) is 5.91 Å². The predicted molar refractivity (Wildman–Crippen MR) is 136 cm³/mol. The van der Waals surface area contributed by atoms with Crippen molar-refractivity contribution in [2.45, 2.75) is 71.5 Å². The molecular weight excluding hydrogens is 436 g/mol. The zero-order chi connectivity index (χ0) is 24.5. The quantitative estimate of drug-likeness (QED) is 0.540. The molecule has 6 nitrogen and oxygen atoms in total. The third-order valence-electron chi connectivity index (χ3n) is 7.41. The Morgan fingerprint density at radius 2 is 1.80 bits per heavy atom. The molecule has 3 aromatic rings. The van der Waals surface area contributed by atoms with Gasteiger partial charge in [0.05, 0.1) is 23.5 Å². The van der Waals surface area contributed by atoms with E-state index in [0.29, 0.717) is 25.1 Å². The third-order valence-corrected chi connectivity index (χ3v) is 7.41. The molecule has 0 spiro atoms. The highest BCUT2D eigenvalue weighted by Gasteiger charge is 2.42. The lowest BCUT2D eigenvalue weighted by atomic mass is 9.95. The van der Waals surface area contributed by atoms with Crippen molar-refractivity contribution in [3.8, 4) is 5.69 Å². The van der Waals surface area contributed by atoms with Crippen LogP contribution in [0, 0.1) is 20.8 Å². The first kappa shape index (κ1) is 23.3. The second-order valence-electron chi connectivity index (χ2n) is 10.1. The van der Waals surface area contributed by atoms with E-state index in [1.807, 2.05) is 53.8 Å². The molecule has 1 aromatic heterocycles. The smallest absolute Gasteiger partial charge is 0.254 e. The van der Waals surface area contributed by atoms with Gasteiger partial charge in [0.15, 0.2) is 0 Å². The van der Waals surface area contributed by atoms with Gasteiger partial charge in [-0.1, -0.05) is 42.3 Å². The molecule has 0 saturated carbocycles. The zero-order valence-corrected chi connectivity index (χ0v) is 20.9. The molecule has 0 aliphatic carbocycles. The number of amides is 2. The average Bonchev–Trinajstić information content (AvgIpc) is 3.40. The topological polar surface area (TPSA) is 58.4 Å². The van der Waals surface area contributed by atoms with Crippen LogP contribution in [0.5, 0.6) is 0 Å². The van der Waals surface area contributed by atoms with Crippen molar-refractivity contribution in [3.05, 3.63) is 82.7 Å². The Bertz CT molecular complexity index is 1250. The third kappa shape index (κ3) is 4.75. The van der Waals surface area contributed by atoms with Crippen LogP contribution in [0.4, 0.5) is 0 Å². The molecule has 2 fully saturated rings. The summed E-state index contributed by atoms with van der Waals surface area (Å²) in [5.41, 5.74) is 5.91. The molecule has 0 unspecified atom stereocenters. The Hall–Kier alpha value is -3.41. The summed E-state index contributed by atoms with van der Waals surface area (Å²) in [6.07, 6.45) is 4.20. The largest absolute Gasteiger partial charge is 0.334 e. The van der Waals surface area contributed by atoms with E-state index in [0.717, 1.165) is 48.3 Å². The van der Waals surface area contributed by atoms with Crippen LogP contribution >= 0.6 is 0 Å². The maximum Gasteiger partial charge on any atom is 0.254 e. The summed E-state index contributed by atoms with van der Waals surface area (Å²) in [7, 11) is 0.